The van der Waals surface area contributed by atoms with Crippen molar-refractivity contribution in [2.45, 2.75) is 20.0 Å². The van der Waals surface area contributed by atoms with Crippen LogP contribution in [0.2, 0.25) is 0 Å². The van der Waals surface area contributed by atoms with Crippen molar-refractivity contribution >= 4 is 48.5 Å². The van der Waals surface area contributed by atoms with Crippen LogP contribution in [0.3, 0.4) is 0 Å². The summed E-state index contributed by atoms with van der Waals surface area (Å²) in [7, 11) is 1.68. The molecule has 0 spiro atoms. The van der Waals surface area contributed by atoms with Crippen molar-refractivity contribution in [3.63, 3.8) is 0 Å². The maximum absolute atomic E-state index is 5.19. The van der Waals surface area contributed by atoms with Crippen LogP contribution >= 0.6 is 31.9 Å². The number of nitrogens with zero attached hydrogens (tertiary/aromatic N) is 1. The lowest BCUT2D eigenvalue weighted by Gasteiger charge is -2.13. The fourth-order valence-corrected chi connectivity index (χ4v) is 2.89. The molecule has 1 aromatic carbocycles. The average molecular weight is 388 g/mol. The van der Waals surface area contributed by atoms with Crippen LogP contribution < -0.4 is 5.32 Å². The molecule has 0 saturated carbocycles. The van der Waals surface area contributed by atoms with Gasteiger partial charge in [-0.15, -0.1) is 0 Å². The summed E-state index contributed by atoms with van der Waals surface area (Å²) < 4.78 is 7.22. The van der Waals surface area contributed by atoms with Gasteiger partial charge in [0.05, 0.1) is 17.8 Å². The molecule has 0 saturated heterocycles. The molecule has 0 fully saturated rings. The predicted molar refractivity (Wildman–Crippen MR) is 86.6 cm³/mol. The van der Waals surface area contributed by atoms with Gasteiger partial charge >= 0.3 is 0 Å². The number of benzene rings is 1. The van der Waals surface area contributed by atoms with Gasteiger partial charge in [-0.2, -0.15) is 0 Å². The van der Waals surface area contributed by atoms with Crippen molar-refractivity contribution in [2.24, 2.45) is 0 Å². The molecule has 102 valence electrons. The summed E-state index contributed by atoms with van der Waals surface area (Å²) in [6, 6.07) is 6.08. The minimum Gasteiger partial charge on any atom is -0.384 e. The van der Waals surface area contributed by atoms with Gasteiger partial charge in [-0.05, 0) is 40.5 Å². The molecule has 5 heteroatoms. The molecule has 0 aliphatic heterocycles. The molecular formula is C14H16Br2N2O. The molecule has 0 amide bonds. The summed E-state index contributed by atoms with van der Waals surface area (Å²) >= 11 is 7.17. The first-order valence-corrected chi connectivity index (χ1v) is 7.76. The molecule has 1 heterocycles. The Morgan fingerprint density at radius 3 is 2.68 bits per heavy atom. The van der Waals surface area contributed by atoms with Crippen LogP contribution in [0, 0.1) is 0 Å². The Morgan fingerprint density at radius 2 is 2.00 bits per heavy atom. The van der Waals surface area contributed by atoms with E-state index in [0.29, 0.717) is 6.61 Å². The zero-order chi connectivity index (χ0) is 13.8. The summed E-state index contributed by atoms with van der Waals surface area (Å²) in [5.74, 6) is 0. The predicted octanol–water partition coefficient (Wildman–Crippen LogP) is 4.73. The first-order valence-electron chi connectivity index (χ1n) is 6.17. The average Bonchev–Trinajstić information content (AvgIpc) is 2.40. The molecule has 0 unspecified atom stereocenters. The second kappa shape index (κ2) is 6.68. The van der Waals surface area contributed by atoms with Crippen molar-refractivity contribution < 1.29 is 4.74 Å². The van der Waals surface area contributed by atoms with Gasteiger partial charge in [-0.3, -0.25) is 0 Å². The van der Waals surface area contributed by atoms with Gasteiger partial charge in [0.1, 0.15) is 0 Å². The Bertz CT molecular complexity index is 587. The van der Waals surface area contributed by atoms with E-state index in [-0.39, 0.29) is 0 Å². The number of anilines is 1. The summed E-state index contributed by atoms with van der Waals surface area (Å²) in [5.41, 5.74) is 2.96. The minimum atomic E-state index is 0.510. The smallest absolute Gasteiger partial charge is 0.0885 e. The van der Waals surface area contributed by atoms with Gasteiger partial charge in [0.25, 0.3) is 0 Å². The van der Waals surface area contributed by atoms with Crippen molar-refractivity contribution in [1.29, 1.82) is 0 Å². The van der Waals surface area contributed by atoms with Crippen LogP contribution in [-0.4, -0.2) is 18.6 Å². The lowest BCUT2D eigenvalue weighted by Crippen LogP contribution is -2.04. The molecule has 1 aromatic heterocycles. The molecule has 0 bridgehead atoms. The molecule has 0 aliphatic carbocycles. The van der Waals surface area contributed by atoms with Crippen molar-refractivity contribution in [3.05, 3.63) is 32.8 Å². The van der Waals surface area contributed by atoms with Gasteiger partial charge in [0.2, 0.25) is 0 Å². The summed E-state index contributed by atoms with van der Waals surface area (Å²) in [6.07, 6.45) is 1.08. The Kier molecular flexibility index (Phi) is 5.19. The zero-order valence-electron chi connectivity index (χ0n) is 11.0. The van der Waals surface area contributed by atoms with E-state index >= 15 is 0 Å². The first-order chi connectivity index (χ1) is 9.17. The molecule has 2 aromatic rings. The number of ether oxygens (including phenoxy) is 1. The van der Waals surface area contributed by atoms with Gasteiger partial charge in [0, 0.05) is 33.7 Å². The van der Waals surface area contributed by atoms with Gasteiger partial charge in [0.15, 0.2) is 0 Å². The largest absolute Gasteiger partial charge is 0.384 e. The number of hydrogen-bond acceptors (Lipinski definition) is 3. The van der Waals surface area contributed by atoms with E-state index in [0.717, 1.165) is 44.2 Å². The Labute approximate surface area is 130 Å². The van der Waals surface area contributed by atoms with Gasteiger partial charge in [-0.25, -0.2) is 4.98 Å². The highest BCUT2D eigenvalue weighted by Gasteiger charge is 2.11. The maximum atomic E-state index is 5.19. The fraction of sp³-hybridized carbons (Fsp3) is 0.357. The summed E-state index contributed by atoms with van der Waals surface area (Å²) in [6.45, 7) is 3.59. The third-order valence-electron chi connectivity index (χ3n) is 2.77. The third kappa shape index (κ3) is 3.27. The summed E-state index contributed by atoms with van der Waals surface area (Å²) in [4.78, 5) is 4.65. The summed E-state index contributed by atoms with van der Waals surface area (Å²) in [5, 5.41) is 4.56. The van der Waals surface area contributed by atoms with E-state index in [1.165, 1.54) is 0 Å². The van der Waals surface area contributed by atoms with Crippen LogP contribution in [0.15, 0.2) is 27.1 Å². The number of fused-ring (bicyclic) bond motifs is 1. The van der Waals surface area contributed by atoms with Crippen LogP contribution in [0.1, 0.15) is 19.0 Å². The maximum Gasteiger partial charge on any atom is 0.0885 e. The topological polar surface area (TPSA) is 34.1 Å². The number of halogens is 2. The second-order valence-corrected chi connectivity index (χ2v) is 5.98. The van der Waals surface area contributed by atoms with Crippen molar-refractivity contribution in [3.8, 4) is 0 Å². The zero-order valence-corrected chi connectivity index (χ0v) is 14.1. The highest BCUT2D eigenvalue weighted by atomic mass is 79.9. The van der Waals surface area contributed by atoms with Crippen LogP contribution in [-0.2, 0) is 11.3 Å². The minimum absolute atomic E-state index is 0.510. The van der Waals surface area contributed by atoms with Crippen LogP contribution in [0.5, 0.6) is 0 Å². The molecule has 0 radical (unpaired) electrons. The normalized spacial score (nSPS) is 10.9. The first kappa shape index (κ1) is 14.8. The molecule has 0 atom stereocenters. The van der Waals surface area contributed by atoms with Gasteiger partial charge < -0.3 is 10.1 Å². The lowest BCUT2D eigenvalue weighted by molar-refractivity contribution is 0.182. The molecule has 0 aliphatic rings. The molecular weight excluding hydrogens is 372 g/mol. The molecule has 3 nitrogen and oxygen atoms in total. The number of aromatic nitrogens is 1. The number of rotatable bonds is 5. The van der Waals surface area contributed by atoms with Crippen LogP contribution in [0.25, 0.3) is 10.9 Å². The van der Waals surface area contributed by atoms with Gasteiger partial charge in [-0.1, -0.05) is 22.9 Å². The molecule has 1 N–H and O–H groups in total. The third-order valence-corrected chi connectivity index (χ3v) is 4.07. The highest BCUT2D eigenvalue weighted by molar-refractivity contribution is 9.11. The molecule has 2 rings (SSSR count). The number of pyridine rings is 1. The SMILES string of the molecule is CCCNc1cc(COC)nc2c(Br)ccc(Br)c12. The van der Waals surface area contributed by atoms with E-state index in [4.69, 9.17) is 4.74 Å². The van der Waals surface area contributed by atoms with E-state index in [9.17, 15) is 0 Å². The number of hydrogen-bond donors (Lipinski definition) is 1. The van der Waals surface area contributed by atoms with E-state index < -0.39 is 0 Å². The highest BCUT2D eigenvalue weighted by Crippen LogP contribution is 2.34. The number of nitrogens with one attached hydrogen (secondary N) is 1. The monoisotopic (exact) mass is 386 g/mol. The fourth-order valence-electron chi connectivity index (χ4n) is 1.94. The Hall–Kier alpha value is -0.650. The van der Waals surface area contributed by atoms with E-state index in [2.05, 4.69) is 55.2 Å². The van der Waals surface area contributed by atoms with Crippen molar-refractivity contribution in [1.82, 2.24) is 4.98 Å². The standard InChI is InChI=1S/C14H16Br2N2O/c1-3-6-17-12-7-9(8-19-2)18-14-11(16)5-4-10(15)13(12)14/h4-5,7H,3,6,8H2,1-2H3,(H,17,18). The van der Waals surface area contributed by atoms with Crippen LogP contribution in [0.4, 0.5) is 5.69 Å². The quantitative estimate of drug-likeness (QED) is 0.805. The number of methoxy groups -OCH3 is 1. The van der Waals surface area contributed by atoms with E-state index in [1.54, 1.807) is 7.11 Å². The second-order valence-electron chi connectivity index (χ2n) is 4.27. The van der Waals surface area contributed by atoms with Crippen molar-refractivity contribution in [2.75, 3.05) is 19.0 Å². The van der Waals surface area contributed by atoms with E-state index in [1.807, 2.05) is 12.1 Å². The molecule has 19 heavy (non-hydrogen) atoms. The Morgan fingerprint density at radius 1 is 1.26 bits per heavy atom. The lowest BCUT2D eigenvalue weighted by atomic mass is 10.1. The Balaban J connectivity index is 2.63.